The lowest BCUT2D eigenvalue weighted by Crippen LogP contribution is -1.92. The second-order valence-corrected chi connectivity index (χ2v) is 1.50. The van der Waals surface area contributed by atoms with Crippen LogP contribution in [0.2, 0.25) is 0 Å². The van der Waals surface area contributed by atoms with Gasteiger partial charge in [0.15, 0.2) is 0 Å². The zero-order valence-electron chi connectivity index (χ0n) is 5.68. The van der Waals surface area contributed by atoms with Gasteiger partial charge in [0.25, 0.3) is 0 Å². The molecule has 2 nitrogen and oxygen atoms in total. The van der Waals surface area contributed by atoms with Gasteiger partial charge in [-0.1, -0.05) is 0 Å². The van der Waals surface area contributed by atoms with Crippen LogP contribution in [0.5, 0.6) is 0 Å². The lowest BCUT2D eigenvalue weighted by Gasteiger charge is -1.84. The molecule has 0 fully saturated rings. The van der Waals surface area contributed by atoms with E-state index in [-0.39, 0.29) is 0 Å². The molecular weight excluding hydrogens is 100 g/mol. The molecule has 0 rings (SSSR count). The maximum absolute atomic E-state index is 4.08. The van der Waals surface area contributed by atoms with E-state index in [1.165, 1.54) is 0 Å². The Kier molecular flexibility index (Phi) is 4.13. The van der Waals surface area contributed by atoms with Gasteiger partial charge in [-0.05, 0) is 13.8 Å². The molecule has 0 amide bonds. The largest absolute Gasteiger partial charge is 0.295 e. The predicted molar refractivity (Wildman–Crippen MR) is 38.1 cm³/mol. The zero-order valence-corrected chi connectivity index (χ0v) is 5.68. The van der Waals surface area contributed by atoms with Crippen LogP contribution in [0, 0.1) is 0 Å². The highest BCUT2D eigenvalue weighted by molar-refractivity contribution is 6.29. The number of aliphatic imine (C=N–C) groups is 2. The summed E-state index contributed by atoms with van der Waals surface area (Å²) in [6, 6.07) is 0. The molecule has 0 unspecified atom stereocenters. The van der Waals surface area contributed by atoms with Crippen LogP contribution < -0.4 is 0 Å². The number of hydrogen-bond acceptors (Lipinski definition) is 2. The van der Waals surface area contributed by atoms with Gasteiger partial charge in [-0.25, -0.2) is 0 Å². The third-order valence-electron chi connectivity index (χ3n) is 0.723. The molecule has 0 aliphatic rings. The summed E-state index contributed by atoms with van der Waals surface area (Å²) >= 11 is 0. The number of hydrogen-bond donors (Lipinski definition) is 0. The molecule has 46 valence electrons. The Balaban J connectivity index is 3.61. The maximum atomic E-state index is 4.08. The number of nitrogens with zero attached hydrogens (tertiary/aromatic N) is 2. The van der Waals surface area contributed by atoms with E-state index in [9.17, 15) is 0 Å². The molecule has 0 atom stereocenters. The first-order valence-electron chi connectivity index (χ1n) is 2.74. The van der Waals surface area contributed by atoms with Crippen molar-refractivity contribution in [1.82, 2.24) is 0 Å². The highest BCUT2D eigenvalue weighted by Crippen LogP contribution is 1.71. The molecule has 0 aromatic heterocycles. The van der Waals surface area contributed by atoms with E-state index >= 15 is 0 Å². The van der Waals surface area contributed by atoms with Crippen molar-refractivity contribution in [2.75, 3.05) is 13.6 Å². The summed E-state index contributed by atoms with van der Waals surface area (Å²) in [7, 11) is 1.74. The molecule has 0 bridgehead atoms. The van der Waals surface area contributed by atoms with Crippen molar-refractivity contribution >= 4 is 11.9 Å². The molecule has 0 spiro atoms. The molecule has 0 N–H and O–H groups in total. The van der Waals surface area contributed by atoms with E-state index in [4.69, 9.17) is 0 Å². The van der Waals surface area contributed by atoms with E-state index in [0.717, 1.165) is 12.3 Å². The van der Waals surface area contributed by atoms with Crippen LogP contribution in [0.1, 0.15) is 13.8 Å². The Morgan fingerprint density at radius 3 is 2.62 bits per heavy atom. The molecule has 0 aliphatic carbocycles. The first-order valence-corrected chi connectivity index (χ1v) is 2.74. The van der Waals surface area contributed by atoms with Crippen LogP contribution in [0.3, 0.4) is 0 Å². The second-order valence-electron chi connectivity index (χ2n) is 1.50. The third-order valence-corrected chi connectivity index (χ3v) is 0.723. The van der Waals surface area contributed by atoms with Gasteiger partial charge in [-0.2, -0.15) is 0 Å². The smallest absolute Gasteiger partial charge is 0.0495 e. The van der Waals surface area contributed by atoms with Crippen LogP contribution in [0.4, 0.5) is 0 Å². The molecular formula is C6H12N2. The van der Waals surface area contributed by atoms with Gasteiger partial charge in [0, 0.05) is 25.5 Å². The Hall–Kier alpha value is -0.660. The van der Waals surface area contributed by atoms with Crippen LogP contribution in [0.25, 0.3) is 0 Å². The fourth-order valence-electron chi connectivity index (χ4n) is 0.477. The summed E-state index contributed by atoms with van der Waals surface area (Å²) in [6.07, 6.45) is 1.75. The molecule has 0 radical (unpaired) electrons. The average molecular weight is 112 g/mol. The fourth-order valence-corrected chi connectivity index (χ4v) is 0.477. The van der Waals surface area contributed by atoms with Crippen molar-refractivity contribution in [3.05, 3.63) is 0 Å². The highest BCUT2D eigenvalue weighted by atomic mass is 14.7. The molecule has 2 heteroatoms. The minimum absolute atomic E-state index is 0.845. The van der Waals surface area contributed by atoms with Crippen molar-refractivity contribution in [3.63, 3.8) is 0 Å². The molecule has 0 saturated heterocycles. The Labute approximate surface area is 50.4 Å². The lowest BCUT2D eigenvalue weighted by molar-refractivity contribution is 1.13. The Morgan fingerprint density at radius 1 is 1.62 bits per heavy atom. The molecule has 0 saturated carbocycles. The van der Waals surface area contributed by atoms with Gasteiger partial charge in [0.05, 0.1) is 0 Å². The normalized spacial score (nSPS) is 13.1. The first kappa shape index (κ1) is 7.34. The topological polar surface area (TPSA) is 24.7 Å². The molecule has 0 aliphatic heterocycles. The van der Waals surface area contributed by atoms with E-state index in [1.54, 1.807) is 13.3 Å². The maximum Gasteiger partial charge on any atom is 0.0495 e. The van der Waals surface area contributed by atoms with Gasteiger partial charge < -0.3 is 0 Å². The first-order chi connectivity index (χ1) is 3.81. The summed E-state index contributed by atoms with van der Waals surface area (Å²) in [5, 5.41) is 0. The summed E-state index contributed by atoms with van der Waals surface area (Å²) in [5.74, 6) is 0. The van der Waals surface area contributed by atoms with Crippen molar-refractivity contribution in [3.8, 4) is 0 Å². The standard InChI is InChI=1S/C6H12N2/c1-4-8-6(2)5-7-3/h5H,4H2,1-3H3. The fraction of sp³-hybridized carbons (Fsp3) is 0.667. The van der Waals surface area contributed by atoms with Crippen LogP contribution in [0.15, 0.2) is 9.98 Å². The van der Waals surface area contributed by atoms with Crippen LogP contribution in [-0.4, -0.2) is 25.5 Å². The Bertz CT molecular complexity index is 103. The van der Waals surface area contributed by atoms with Crippen LogP contribution in [-0.2, 0) is 0 Å². The minimum Gasteiger partial charge on any atom is -0.295 e. The monoisotopic (exact) mass is 112 g/mol. The molecule has 0 aromatic rings. The SMILES string of the molecule is CCN=C(C)C=NC. The lowest BCUT2D eigenvalue weighted by atomic mass is 10.5. The average Bonchev–Trinajstić information content (AvgIpc) is 1.68. The molecule has 8 heavy (non-hydrogen) atoms. The molecule has 0 heterocycles. The number of rotatable bonds is 2. The van der Waals surface area contributed by atoms with Crippen molar-refractivity contribution < 1.29 is 0 Å². The van der Waals surface area contributed by atoms with E-state index in [2.05, 4.69) is 9.98 Å². The van der Waals surface area contributed by atoms with Gasteiger partial charge in [-0.3, -0.25) is 9.98 Å². The summed E-state index contributed by atoms with van der Waals surface area (Å²) in [4.78, 5) is 7.88. The van der Waals surface area contributed by atoms with E-state index in [0.29, 0.717) is 0 Å². The Morgan fingerprint density at radius 2 is 2.25 bits per heavy atom. The van der Waals surface area contributed by atoms with E-state index in [1.807, 2.05) is 13.8 Å². The minimum atomic E-state index is 0.845. The summed E-state index contributed by atoms with van der Waals surface area (Å²) in [5.41, 5.74) is 0.995. The van der Waals surface area contributed by atoms with Crippen molar-refractivity contribution in [2.45, 2.75) is 13.8 Å². The highest BCUT2D eigenvalue weighted by Gasteiger charge is 1.76. The third kappa shape index (κ3) is 3.53. The van der Waals surface area contributed by atoms with Gasteiger partial charge in [-0.15, -0.1) is 0 Å². The summed E-state index contributed by atoms with van der Waals surface area (Å²) < 4.78 is 0. The van der Waals surface area contributed by atoms with Crippen molar-refractivity contribution in [1.29, 1.82) is 0 Å². The second kappa shape index (κ2) is 4.50. The molecule has 0 aromatic carbocycles. The van der Waals surface area contributed by atoms with Crippen molar-refractivity contribution in [2.24, 2.45) is 9.98 Å². The van der Waals surface area contributed by atoms with E-state index < -0.39 is 0 Å². The predicted octanol–water partition coefficient (Wildman–Crippen LogP) is 1.17. The van der Waals surface area contributed by atoms with Gasteiger partial charge in [0.1, 0.15) is 0 Å². The van der Waals surface area contributed by atoms with Crippen LogP contribution >= 0.6 is 0 Å². The van der Waals surface area contributed by atoms with Gasteiger partial charge in [0.2, 0.25) is 0 Å². The summed E-state index contributed by atoms with van der Waals surface area (Å²) in [6.45, 7) is 4.79. The quantitative estimate of drug-likeness (QED) is 0.479. The zero-order chi connectivity index (χ0) is 6.41. The van der Waals surface area contributed by atoms with Gasteiger partial charge >= 0.3 is 0 Å².